The van der Waals surface area contributed by atoms with E-state index in [0.717, 1.165) is 13.1 Å². The van der Waals surface area contributed by atoms with E-state index >= 15 is 0 Å². The van der Waals surface area contributed by atoms with Gasteiger partial charge in [-0.2, -0.15) is 0 Å². The maximum absolute atomic E-state index is 3.53. The van der Waals surface area contributed by atoms with Crippen molar-refractivity contribution in [3.63, 3.8) is 0 Å². The van der Waals surface area contributed by atoms with Crippen LogP contribution in [0.1, 0.15) is 22.6 Å². The highest BCUT2D eigenvalue weighted by atomic mass is 32.2. The molecule has 0 radical (unpaired) electrons. The fourth-order valence-corrected chi connectivity index (χ4v) is 3.45. The monoisotopic (exact) mass is 255 g/mol. The quantitative estimate of drug-likeness (QED) is 0.822. The molecule has 0 bridgehead atoms. The molecule has 0 amide bonds. The minimum atomic E-state index is 0.485. The molecule has 1 heterocycles. The summed E-state index contributed by atoms with van der Waals surface area (Å²) in [4.78, 5) is 1.42. The summed E-state index contributed by atoms with van der Waals surface area (Å²) in [7, 11) is 0. The van der Waals surface area contributed by atoms with Gasteiger partial charge in [-0.05, 0) is 29.0 Å². The molecule has 1 aliphatic rings. The number of nitrogens with one attached hydrogen (secondary N) is 1. The molecule has 0 aromatic heterocycles. The summed E-state index contributed by atoms with van der Waals surface area (Å²) in [6.45, 7) is 2.03. The van der Waals surface area contributed by atoms with Crippen LogP contribution < -0.4 is 5.32 Å². The SMILES string of the molecule is CSc1cccc2c1C(c1ccccc1)CNC2. The van der Waals surface area contributed by atoms with Gasteiger partial charge in [-0.25, -0.2) is 0 Å². The van der Waals surface area contributed by atoms with Crippen molar-refractivity contribution in [3.8, 4) is 0 Å². The maximum atomic E-state index is 3.53. The van der Waals surface area contributed by atoms with E-state index in [1.54, 1.807) is 0 Å². The minimum Gasteiger partial charge on any atom is -0.312 e. The van der Waals surface area contributed by atoms with Gasteiger partial charge in [-0.15, -0.1) is 11.8 Å². The zero-order chi connectivity index (χ0) is 12.4. The third-order valence-corrected chi connectivity index (χ3v) is 4.39. The van der Waals surface area contributed by atoms with E-state index in [2.05, 4.69) is 60.1 Å². The van der Waals surface area contributed by atoms with Gasteiger partial charge in [0.1, 0.15) is 0 Å². The maximum Gasteiger partial charge on any atom is 0.0229 e. The molecule has 1 atom stereocenters. The molecule has 0 spiro atoms. The third kappa shape index (κ3) is 2.06. The van der Waals surface area contributed by atoms with E-state index in [0.29, 0.717) is 5.92 Å². The van der Waals surface area contributed by atoms with Crippen LogP contribution >= 0.6 is 11.8 Å². The molecule has 0 saturated carbocycles. The number of hydrogen-bond acceptors (Lipinski definition) is 2. The summed E-state index contributed by atoms with van der Waals surface area (Å²) >= 11 is 1.85. The molecule has 0 aliphatic carbocycles. The van der Waals surface area contributed by atoms with Gasteiger partial charge in [0.25, 0.3) is 0 Å². The average molecular weight is 255 g/mol. The standard InChI is InChI=1S/C16H17NS/c1-18-15-9-5-8-13-10-17-11-14(16(13)15)12-6-3-2-4-7-12/h2-9,14,17H,10-11H2,1H3. The molecule has 1 nitrogen and oxygen atoms in total. The van der Waals surface area contributed by atoms with Gasteiger partial charge in [0.05, 0.1) is 0 Å². The Bertz CT molecular complexity index is 522. The summed E-state index contributed by atoms with van der Waals surface area (Å²) in [6.07, 6.45) is 2.17. The fraction of sp³-hybridized carbons (Fsp3) is 0.250. The molecule has 0 saturated heterocycles. The Kier molecular flexibility index (Phi) is 3.39. The van der Waals surface area contributed by atoms with Gasteiger partial charge in [-0.3, -0.25) is 0 Å². The van der Waals surface area contributed by atoms with Gasteiger partial charge >= 0.3 is 0 Å². The van der Waals surface area contributed by atoms with Gasteiger partial charge < -0.3 is 5.32 Å². The molecular formula is C16H17NS. The Morgan fingerprint density at radius 1 is 1.06 bits per heavy atom. The number of benzene rings is 2. The Balaban J connectivity index is 2.11. The fourth-order valence-electron chi connectivity index (χ4n) is 2.74. The van der Waals surface area contributed by atoms with E-state index in [4.69, 9.17) is 0 Å². The Hall–Kier alpha value is -1.25. The van der Waals surface area contributed by atoms with E-state index in [-0.39, 0.29) is 0 Å². The van der Waals surface area contributed by atoms with Crippen molar-refractivity contribution in [2.24, 2.45) is 0 Å². The first-order chi connectivity index (χ1) is 8.90. The normalized spacial score (nSPS) is 18.4. The van der Waals surface area contributed by atoms with E-state index in [9.17, 15) is 0 Å². The van der Waals surface area contributed by atoms with Crippen molar-refractivity contribution in [2.45, 2.75) is 17.4 Å². The second kappa shape index (κ2) is 5.17. The topological polar surface area (TPSA) is 12.0 Å². The van der Waals surface area contributed by atoms with Crippen LogP contribution in [0.25, 0.3) is 0 Å². The summed E-state index contributed by atoms with van der Waals surface area (Å²) in [6, 6.07) is 17.5. The van der Waals surface area contributed by atoms with Crippen LogP contribution in [0.15, 0.2) is 53.4 Å². The van der Waals surface area contributed by atoms with Crippen LogP contribution in [0.2, 0.25) is 0 Å². The molecule has 92 valence electrons. The smallest absolute Gasteiger partial charge is 0.0229 e. The van der Waals surface area contributed by atoms with Gasteiger partial charge in [0, 0.05) is 23.9 Å². The molecule has 2 aromatic rings. The van der Waals surface area contributed by atoms with Crippen molar-refractivity contribution in [2.75, 3.05) is 12.8 Å². The predicted molar refractivity (Wildman–Crippen MR) is 78.2 cm³/mol. The van der Waals surface area contributed by atoms with Crippen molar-refractivity contribution >= 4 is 11.8 Å². The third-order valence-electron chi connectivity index (χ3n) is 3.59. The molecule has 18 heavy (non-hydrogen) atoms. The van der Waals surface area contributed by atoms with Crippen LogP contribution in [0, 0.1) is 0 Å². The summed E-state index contributed by atoms with van der Waals surface area (Å²) in [5.41, 5.74) is 4.38. The largest absolute Gasteiger partial charge is 0.312 e. The Morgan fingerprint density at radius 2 is 1.89 bits per heavy atom. The second-order valence-electron chi connectivity index (χ2n) is 4.63. The lowest BCUT2D eigenvalue weighted by molar-refractivity contribution is 0.583. The number of fused-ring (bicyclic) bond motifs is 1. The van der Waals surface area contributed by atoms with Crippen molar-refractivity contribution < 1.29 is 0 Å². The van der Waals surface area contributed by atoms with Crippen LogP contribution in [-0.2, 0) is 6.54 Å². The van der Waals surface area contributed by atoms with Crippen LogP contribution in [-0.4, -0.2) is 12.8 Å². The zero-order valence-corrected chi connectivity index (χ0v) is 11.3. The first-order valence-corrected chi connectivity index (χ1v) is 7.54. The second-order valence-corrected chi connectivity index (χ2v) is 5.48. The highest BCUT2D eigenvalue weighted by Gasteiger charge is 2.23. The van der Waals surface area contributed by atoms with Crippen LogP contribution in [0.4, 0.5) is 0 Å². The molecule has 2 aromatic carbocycles. The van der Waals surface area contributed by atoms with Crippen molar-refractivity contribution in [3.05, 3.63) is 65.2 Å². The first kappa shape index (κ1) is 11.8. The van der Waals surface area contributed by atoms with Gasteiger partial charge in [-0.1, -0.05) is 42.5 Å². The lowest BCUT2D eigenvalue weighted by Crippen LogP contribution is -2.29. The van der Waals surface area contributed by atoms with Gasteiger partial charge in [0.15, 0.2) is 0 Å². The van der Waals surface area contributed by atoms with E-state index < -0.39 is 0 Å². The van der Waals surface area contributed by atoms with E-state index in [1.807, 2.05) is 11.8 Å². The predicted octanol–water partition coefficient (Wildman–Crippen LogP) is 3.64. The van der Waals surface area contributed by atoms with Crippen molar-refractivity contribution in [1.29, 1.82) is 0 Å². The minimum absolute atomic E-state index is 0.485. The average Bonchev–Trinajstić information content (AvgIpc) is 2.47. The number of rotatable bonds is 2. The molecule has 1 unspecified atom stereocenters. The summed E-state index contributed by atoms with van der Waals surface area (Å²) in [5.74, 6) is 0.485. The molecule has 3 rings (SSSR count). The lowest BCUT2D eigenvalue weighted by atomic mass is 9.85. The van der Waals surface area contributed by atoms with Gasteiger partial charge in [0.2, 0.25) is 0 Å². The summed E-state index contributed by atoms with van der Waals surface area (Å²) < 4.78 is 0. The summed E-state index contributed by atoms with van der Waals surface area (Å²) in [5, 5.41) is 3.53. The first-order valence-electron chi connectivity index (χ1n) is 6.31. The van der Waals surface area contributed by atoms with Crippen molar-refractivity contribution in [1.82, 2.24) is 5.32 Å². The molecule has 1 aliphatic heterocycles. The molecule has 0 fully saturated rings. The number of hydrogen-bond donors (Lipinski definition) is 1. The zero-order valence-electron chi connectivity index (χ0n) is 10.5. The van der Waals surface area contributed by atoms with Crippen LogP contribution in [0.3, 0.4) is 0 Å². The molecule has 2 heteroatoms. The Labute approximate surface area is 113 Å². The Morgan fingerprint density at radius 3 is 2.67 bits per heavy atom. The van der Waals surface area contributed by atoms with Crippen LogP contribution in [0.5, 0.6) is 0 Å². The lowest BCUT2D eigenvalue weighted by Gasteiger charge is -2.28. The highest BCUT2D eigenvalue weighted by molar-refractivity contribution is 7.98. The number of thioether (sulfide) groups is 1. The molecule has 1 N–H and O–H groups in total. The molecular weight excluding hydrogens is 238 g/mol. The highest BCUT2D eigenvalue weighted by Crippen LogP contribution is 2.36. The van der Waals surface area contributed by atoms with E-state index in [1.165, 1.54) is 21.6 Å².